The summed E-state index contributed by atoms with van der Waals surface area (Å²) in [5.74, 6) is -0.0892. The Kier molecular flexibility index (Phi) is 3.94. The lowest BCUT2D eigenvalue weighted by Crippen LogP contribution is -2.27. The predicted octanol–water partition coefficient (Wildman–Crippen LogP) is 2.86. The molecule has 0 atom stereocenters. The third kappa shape index (κ3) is 2.20. The Morgan fingerprint density at radius 2 is 1.24 bits per heavy atom. The normalized spacial score (nSPS) is 10.5. The molecule has 1 aromatic rings. The number of hydrogen-bond donors (Lipinski definition) is 0. The van der Waals surface area contributed by atoms with Gasteiger partial charge in [-0.25, -0.2) is 5.06 Å². The van der Waals surface area contributed by atoms with Crippen molar-refractivity contribution in [2.45, 2.75) is 34.6 Å². The third-order valence-corrected chi connectivity index (χ3v) is 3.77. The van der Waals surface area contributed by atoms with Crippen molar-refractivity contribution in [3.63, 3.8) is 0 Å². The van der Waals surface area contributed by atoms with E-state index in [0.717, 1.165) is 16.7 Å². The van der Waals surface area contributed by atoms with E-state index in [-0.39, 0.29) is 5.91 Å². The molecule has 3 nitrogen and oxygen atoms in total. The van der Waals surface area contributed by atoms with Gasteiger partial charge in [0.15, 0.2) is 0 Å². The molecule has 17 heavy (non-hydrogen) atoms. The Morgan fingerprint density at radius 3 is 1.59 bits per heavy atom. The molecule has 0 aromatic heterocycles. The van der Waals surface area contributed by atoms with Gasteiger partial charge in [0.25, 0.3) is 5.91 Å². The molecule has 1 amide bonds. The molecule has 0 N–H and O–H groups in total. The van der Waals surface area contributed by atoms with Gasteiger partial charge >= 0.3 is 0 Å². The minimum atomic E-state index is -0.0892. The van der Waals surface area contributed by atoms with Gasteiger partial charge < -0.3 is 0 Å². The van der Waals surface area contributed by atoms with Crippen molar-refractivity contribution in [2.75, 3.05) is 14.2 Å². The number of carbonyl (C=O) groups excluding carboxylic acids is 1. The monoisotopic (exact) mass is 235 g/mol. The molecule has 0 aliphatic carbocycles. The second kappa shape index (κ2) is 4.88. The quantitative estimate of drug-likeness (QED) is 0.738. The van der Waals surface area contributed by atoms with Crippen LogP contribution in [0, 0.1) is 34.6 Å². The maximum absolute atomic E-state index is 12.2. The topological polar surface area (TPSA) is 29.5 Å². The van der Waals surface area contributed by atoms with Gasteiger partial charge in [0.2, 0.25) is 0 Å². The van der Waals surface area contributed by atoms with Crippen molar-refractivity contribution < 1.29 is 9.63 Å². The molecular formula is C14H21NO2. The van der Waals surface area contributed by atoms with Gasteiger partial charge in [-0.05, 0) is 62.4 Å². The van der Waals surface area contributed by atoms with E-state index in [1.165, 1.54) is 28.9 Å². The van der Waals surface area contributed by atoms with Crippen LogP contribution >= 0.6 is 0 Å². The number of nitrogens with zero attached hydrogens (tertiary/aromatic N) is 1. The largest absolute Gasteiger partial charge is 0.277 e. The molecule has 0 aliphatic rings. The molecule has 0 bridgehead atoms. The number of carbonyl (C=O) groups is 1. The highest BCUT2D eigenvalue weighted by molar-refractivity contribution is 5.97. The summed E-state index contributed by atoms with van der Waals surface area (Å²) in [5.41, 5.74) is 6.47. The minimum absolute atomic E-state index is 0.0892. The van der Waals surface area contributed by atoms with Gasteiger partial charge in [0, 0.05) is 12.6 Å². The fourth-order valence-corrected chi connectivity index (χ4v) is 2.06. The van der Waals surface area contributed by atoms with Crippen LogP contribution in [0.5, 0.6) is 0 Å². The number of rotatable bonds is 2. The summed E-state index contributed by atoms with van der Waals surface area (Å²) in [6.45, 7) is 10.2. The second-order valence-corrected chi connectivity index (χ2v) is 4.49. The first-order valence-corrected chi connectivity index (χ1v) is 5.72. The van der Waals surface area contributed by atoms with E-state index < -0.39 is 0 Å². The molecule has 0 unspecified atom stereocenters. The number of benzene rings is 1. The summed E-state index contributed by atoms with van der Waals surface area (Å²) >= 11 is 0. The summed E-state index contributed by atoms with van der Waals surface area (Å²) in [6.07, 6.45) is 0. The molecule has 0 aliphatic heterocycles. The van der Waals surface area contributed by atoms with Crippen molar-refractivity contribution in [1.82, 2.24) is 5.06 Å². The van der Waals surface area contributed by atoms with Crippen LogP contribution in [-0.4, -0.2) is 25.1 Å². The van der Waals surface area contributed by atoms with Gasteiger partial charge in [-0.3, -0.25) is 9.63 Å². The first-order valence-electron chi connectivity index (χ1n) is 5.72. The van der Waals surface area contributed by atoms with Gasteiger partial charge in [-0.15, -0.1) is 0 Å². The summed E-state index contributed by atoms with van der Waals surface area (Å²) in [6, 6.07) is 0. The van der Waals surface area contributed by atoms with E-state index in [0.29, 0.717) is 0 Å². The van der Waals surface area contributed by atoms with E-state index in [1.54, 1.807) is 7.05 Å². The Labute approximate surface area is 103 Å². The SMILES string of the molecule is CON(C)C(=O)c1c(C)c(C)c(C)c(C)c1C. The molecule has 0 saturated heterocycles. The highest BCUT2D eigenvalue weighted by Crippen LogP contribution is 2.26. The molecule has 0 radical (unpaired) electrons. The lowest BCUT2D eigenvalue weighted by atomic mass is 9.89. The van der Waals surface area contributed by atoms with Crippen LogP contribution in [0.15, 0.2) is 0 Å². The van der Waals surface area contributed by atoms with Crippen molar-refractivity contribution in [3.05, 3.63) is 33.4 Å². The molecule has 0 saturated carbocycles. The van der Waals surface area contributed by atoms with Crippen LogP contribution in [0.3, 0.4) is 0 Å². The van der Waals surface area contributed by atoms with Crippen molar-refractivity contribution >= 4 is 5.91 Å². The van der Waals surface area contributed by atoms with E-state index >= 15 is 0 Å². The van der Waals surface area contributed by atoms with Gasteiger partial charge in [-0.1, -0.05) is 0 Å². The van der Waals surface area contributed by atoms with E-state index in [4.69, 9.17) is 4.84 Å². The second-order valence-electron chi connectivity index (χ2n) is 4.49. The van der Waals surface area contributed by atoms with Crippen LogP contribution in [0.2, 0.25) is 0 Å². The van der Waals surface area contributed by atoms with E-state index in [1.807, 2.05) is 13.8 Å². The summed E-state index contributed by atoms with van der Waals surface area (Å²) in [4.78, 5) is 17.2. The van der Waals surface area contributed by atoms with Crippen LogP contribution in [0.25, 0.3) is 0 Å². The van der Waals surface area contributed by atoms with Crippen LogP contribution in [0.4, 0.5) is 0 Å². The third-order valence-electron chi connectivity index (χ3n) is 3.77. The van der Waals surface area contributed by atoms with Gasteiger partial charge in [-0.2, -0.15) is 0 Å². The zero-order valence-corrected chi connectivity index (χ0v) is 11.8. The molecule has 1 rings (SSSR count). The zero-order chi connectivity index (χ0) is 13.3. The van der Waals surface area contributed by atoms with Crippen molar-refractivity contribution in [1.29, 1.82) is 0 Å². The average molecular weight is 235 g/mol. The Balaban J connectivity index is 3.50. The summed E-state index contributed by atoms with van der Waals surface area (Å²) in [5, 5.41) is 1.27. The van der Waals surface area contributed by atoms with Gasteiger partial charge in [0.05, 0.1) is 7.11 Å². The first-order chi connectivity index (χ1) is 7.82. The van der Waals surface area contributed by atoms with Crippen molar-refractivity contribution in [2.24, 2.45) is 0 Å². The molecule has 0 spiro atoms. The molecule has 3 heteroatoms. The average Bonchev–Trinajstić information content (AvgIpc) is 2.32. The Morgan fingerprint density at radius 1 is 0.882 bits per heavy atom. The highest BCUT2D eigenvalue weighted by atomic mass is 16.7. The number of hydroxylamine groups is 2. The smallest absolute Gasteiger partial charge is 0.274 e. The fraction of sp³-hybridized carbons (Fsp3) is 0.500. The zero-order valence-electron chi connectivity index (χ0n) is 11.8. The van der Waals surface area contributed by atoms with Gasteiger partial charge in [0.1, 0.15) is 0 Å². The van der Waals surface area contributed by atoms with Crippen molar-refractivity contribution in [3.8, 4) is 0 Å². The molecular weight excluding hydrogens is 214 g/mol. The maximum Gasteiger partial charge on any atom is 0.277 e. The fourth-order valence-electron chi connectivity index (χ4n) is 2.06. The molecule has 94 valence electrons. The molecule has 0 fully saturated rings. The number of hydrogen-bond acceptors (Lipinski definition) is 2. The van der Waals surface area contributed by atoms with Crippen LogP contribution in [0.1, 0.15) is 38.2 Å². The summed E-state index contributed by atoms with van der Waals surface area (Å²) < 4.78 is 0. The Hall–Kier alpha value is -1.35. The van der Waals surface area contributed by atoms with Crippen LogP contribution < -0.4 is 0 Å². The standard InChI is InChI=1S/C14H21NO2/c1-8-9(2)11(4)13(12(5)10(8)3)14(16)15(6)17-7/h1-7H3. The first kappa shape index (κ1) is 13.7. The minimum Gasteiger partial charge on any atom is -0.274 e. The maximum atomic E-state index is 12.2. The lowest BCUT2D eigenvalue weighted by Gasteiger charge is -2.21. The molecule has 0 heterocycles. The highest BCUT2D eigenvalue weighted by Gasteiger charge is 2.20. The van der Waals surface area contributed by atoms with E-state index in [9.17, 15) is 4.79 Å². The predicted molar refractivity (Wildman–Crippen MR) is 69.2 cm³/mol. The number of amides is 1. The van der Waals surface area contributed by atoms with Crippen LogP contribution in [-0.2, 0) is 4.84 Å². The summed E-state index contributed by atoms with van der Waals surface area (Å²) in [7, 11) is 3.13. The lowest BCUT2D eigenvalue weighted by molar-refractivity contribution is -0.0758. The Bertz CT molecular complexity index is 435. The van der Waals surface area contributed by atoms with E-state index in [2.05, 4.69) is 20.8 Å². The molecule has 1 aromatic carbocycles.